The van der Waals surface area contributed by atoms with Crippen molar-refractivity contribution in [1.29, 1.82) is 0 Å². The lowest BCUT2D eigenvalue weighted by molar-refractivity contribution is -0.133. The van der Waals surface area contributed by atoms with Crippen molar-refractivity contribution < 1.29 is 9.53 Å². The van der Waals surface area contributed by atoms with Crippen molar-refractivity contribution in [2.24, 2.45) is 7.05 Å². The largest absolute Gasteiger partial charge is 0.490 e. The molecule has 0 radical (unpaired) electrons. The maximum Gasteiger partial charge on any atom is 0.254 e. The zero-order valence-corrected chi connectivity index (χ0v) is 16.9. The summed E-state index contributed by atoms with van der Waals surface area (Å²) in [6.45, 7) is 3.35. The van der Waals surface area contributed by atoms with Crippen LogP contribution in [0, 0.1) is 6.92 Å². The first-order chi connectivity index (χ1) is 13.5. The highest BCUT2D eigenvalue weighted by molar-refractivity contribution is 5.76. The average Bonchev–Trinajstić information content (AvgIpc) is 2.70. The molecule has 0 saturated carbocycles. The number of benzene rings is 1. The second-order valence-corrected chi connectivity index (χ2v) is 7.62. The summed E-state index contributed by atoms with van der Waals surface area (Å²) in [5.41, 5.74) is 2.16. The number of nitrogens with zero attached hydrogens (tertiary/aromatic N) is 2. The molecular weight excluding hydrogens is 352 g/mol. The minimum atomic E-state index is -0.0573. The number of carbonyl (C=O) groups excluding carboxylic acids is 1. The lowest BCUT2D eigenvalue weighted by Gasteiger charge is -2.32. The minimum absolute atomic E-state index is 0.0573. The van der Waals surface area contributed by atoms with Gasteiger partial charge in [-0.25, -0.2) is 0 Å². The van der Waals surface area contributed by atoms with Crippen LogP contribution in [0.4, 0.5) is 0 Å². The molecule has 1 fully saturated rings. The highest BCUT2D eigenvalue weighted by Gasteiger charge is 2.23. The molecule has 0 aliphatic carbocycles. The van der Waals surface area contributed by atoms with Crippen LogP contribution in [-0.4, -0.2) is 34.6 Å². The summed E-state index contributed by atoms with van der Waals surface area (Å²) >= 11 is 0. The summed E-state index contributed by atoms with van der Waals surface area (Å²) in [6, 6.07) is 13.8. The van der Waals surface area contributed by atoms with E-state index in [0.717, 1.165) is 50.9 Å². The molecule has 1 aliphatic heterocycles. The Hall–Kier alpha value is -2.56. The number of amides is 1. The second kappa shape index (κ2) is 9.58. The van der Waals surface area contributed by atoms with Crippen LogP contribution in [0.5, 0.6) is 5.75 Å². The Morgan fingerprint density at radius 1 is 1.11 bits per heavy atom. The molecule has 5 heteroatoms. The minimum Gasteiger partial charge on any atom is -0.490 e. The molecule has 5 nitrogen and oxygen atoms in total. The number of likely N-dealkylation sites (tertiary alicyclic amines) is 1. The molecule has 2 aromatic rings. The van der Waals surface area contributed by atoms with Crippen LogP contribution in [-0.2, 0) is 18.3 Å². The standard InChI is InChI=1S/C23H30N2O3/c1-18-16-21(17-23(27)24(18)2)28-20-12-14-25(15-13-20)22(26)11-7-6-10-19-8-4-3-5-9-19/h3-5,8-9,16-17,20H,6-7,10-15H2,1-2H3. The third-order valence-electron chi connectivity index (χ3n) is 5.52. The number of rotatable bonds is 7. The molecule has 0 atom stereocenters. The predicted molar refractivity (Wildman–Crippen MR) is 111 cm³/mol. The van der Waals surface area contributed by atoms with Gasteiger partial charge in [-0.1, -0.05) is 30.3 Å². The number of aryl methyl sites for hydroxylation is 2. The normalized spacial score (nSPS) is 14.9. The monoisotopic (exact) mass is 382 g/mol. The second-order valence-electron chi connectivity index (χ2n) is 7.62. The first kappa shape index (κ1) is 20.2. The summed E-state index contributed by atoms with van der Waals surface area (Å²) in [5.74, 6) is 0.877. The molecule has 28 heavy (non-hydrogen) atoms. The van der Waals surface area contributed by atoms with Gasteiger partial charge in [0.2, 0.25) is 5.91 Å². The van der Waals surface area contributed by atoms with Gasteiger partial charge >= 0.3 is 0 Å². The molecule has 3 rings (SSSR count). The number of pyridine rings is 1. The van der Waals surface area contributed by atoms with Gasteiger partial charge in [0.15, 0.2) is 0 Å². The third kappa shape index (κ3) is 5.47. The number of aromatic nitrogens is 1. The van der Waals surface area contributed by atoms with Gasteiger partial charge in [-0.05, 0) is 37.8 Å². The van der Waals surface area contributed by atoms with Crippen molar-refractivity contribution in [3.63, 3.8) is 0 Å². The Balaban J connectivity index is 1.38. The smallest absolute Gasteiger partial charge is 0.254 e. The van der Waals surface area contributed by atoms with Crippen molar-refractivity contribution in [3.8, 4) is 5.75 Å². The quantitative estimate of drug-likeness (QED) is 0.689. The highest BCUT2D eigenvalue weighted by Crippen LogP contribution is 2.19. The van der Waals surface area contributed by atoms with E-state index in [4.69, 9.17) is 4.74 Å². The van der Waals surface area contributed by atoms with Gasteiger partial charge in [0.05, 0.1) is 0 Å². The number of unbranched alkanes of at least 4 members (excludes halogenated alkanes) is 1. The van der Waals surface area contributed by atoms with Crippen LogP contribution in [0.1, 0.15) is 43.4 Å². The van der Waals surface area contributed by atoms with Gasteiger partial charge in [-0.15, -0.1) is 0 Å². The molecule has 1 aromatic carbocycles. The van der Waals surface area contributed by atoms with Crippen molar-refractivity contribution in [1.82, 2.24) is 9.47 Å². The zero-order chi connectivity index (χ0) is 19.9. The first-order valence-corrected chi connectivity index (χ1v) is 10.2. The molecular formula is C23H30N2O3. The van der Waals surface area contributed by atoms with E-state index < -0.39 is 0 Å². The van der Waals surface area contributed by atoms with Gasteiger partial charge in [0.1, 0.15) is 11.9 Å². The molecule has 0 spiro atoms. The number of piperidine rings is 1. The van der Waals surface area contributed by atoms with E-state index in [1.165, 1.54) is 11.6 Å². The van der Waals surface area contributed by atoms with Gasteiger partial charge in [-0.3, -0.25) is 9.59 Å². The van der Waals surface area contributed by atoms with Crippen molar-refractivity contribution in [2.45, 2.75) is 51.6 Å². The van der Waals surface area contributed by atoms with Crippen LogP contribution >= 0.6 is 0 Å². The van der Waals surface area contributed by atoms with Gasteiger partial charge in [-0.2, -0.15) is 0 Å². The molecule has 0 N–H and O–H groups in total. The van der Waals surface area contributed by atoms with Gasteiger partial charge in [0, 0.05) is 51.2 Å². The van der Waals surface area contributed by atoms with E-state index in [9.17, 15) is 9.59 Å². The van der Waals surface area contributed by atoms with E-state index in [-0.39, 0.29) is 17.6 Å². The number of hydrogen-bond donors (Lipinski definition) is 0. The molecule has 2 heterocycles. The fraction of sp³-hybridized carbons (Fsp3) is 0.478. The Morgan fingerprint density at radius 3 is 2.50 bits per heavy atom. The van der Waals surface area contributed by atoms with Crippen LogP contribution in [0.25, 0.3) is 0 Å². The summed E-state index contributed by atoms with van der Waals surface area (Å²) in [6.07, 6.45) is 5.29. The average molecular weight is 383 g/mol. The number of hydrogen-bond acceptors (Lipinski definition) is 3. The maximum absolute atomic E-state index is 12.4. The maximum atomic E-state index is 12.4. The van der Waals surface area contributed by atoms with Crippen LogP contribution in [0.15, 0.2) is 47.3 Å². The van der Waals surface area contributed by atoms with Crippen molar-refractivity contribution in [2.75, 3.05) is 13.1 Å². The van der Waals surface area contributed by atoms with E-state index in [2.05, 4.69) is 24.3 Å². The van der Waals surface area contributed by atoms with Gasteiger partial charge < -0.3 is 14.2 Å². The van der Waals surface area contributed by atoms with E-state index in [1.54, 1.807) is 11.6 Å². The Bertz CT molecular complexity index is 837. The van der Waals surface area contributed by atoms with E-state index in [1.807, 2.05) is 24.0 Å². The molecule has 0 unspecified atom stereocenters. The summed E-state index contributed by atoms with van der Waals surface area (Å²) in [4.78, 5) is 26.3. The molecule has 1 amide bonds. The summed E-state index contributed by atoms with van der Waals surface area (Å²) in [7, 11) is 1.76. The summed E-state index contributed by atoms with van der Waals surface area (Å²) in [5, 5.41) is 0. The van der Waals surface area contributed by atoms with Crippen LogP contribution in [0.2, 0.25) is 0 Å². The number of ether oxygens (including phenoxy) is 1. The van der Waals surface area contributed by atoms with Crippen molar-refractivity contribution in [3.05, 3.63) is 64.1 Å². The van der Waals surface area contributed by atoms with Crippen LogP contribution in [0.3, 0.4) is 0 Å². The molecule has 1 aliphatic rings. The molecule has 150 valence electrons. The molecule has 1 aromatic heterocycles. The molecule has 0 bridgehead atoms. The molecule has 1 saturated heterocycles. The Labute approximate surface area is 166 Å². The zero-order valence-electron chi connectivity index (χ0n) is 16.9. The Morgan fingerprint density at radius 2 is 1.82 bits per heavy atom. The first-order valence-electron chi connectivity index (χ1n) is 10.2. The fourth-order valence-corrected chi connectivity index (χ4v) is 3.63. The Kier molecular flexibility index (Phi) is 6.90. The fourth-order valence-electron chi connectivity index (χ4n) is 3.63. The van der Waals surface area contributed by atoms with E-state index in [0.29, 0.717) is 12.2 Å². The van der Waals surface area contributed by atoms with Gasteiger partial charge in [0.25, 0.3) is 5.56 Å². The SMILES string of the molecule is Cc1cc(OC2CCN(C(=O)CCCCc3ccccc3)CC2)cc(=O)n1C. The highest BCUT2D eigenvalue weighted by atomic mass is 16.5. The summed E-state index contributed by atoms with van der Waals surface area (Å²) < 4.78 is 7.60. The predicted octanol–water partition coefficient (Wildman–Crippen LogP) is 3.48. The van der Waals surface area contributed by atoms with E-state index >= 15 is 0 Å². The van der Waals surface area contributed by atoms with Crippen LogP contribution < -0.4 is 10.3 Å². The third-order valence-corrected chi connectivity index (χ3v) is 5.52. The lowest BCUT2D eigenvalue weighted by Crippen LogP contribution is -2.41. The topological polar surface area (TPSA) is 51.5 Å². The lowest BCUT2D eigenvalue weighted by atomic mass is 10.0. The van der Waals surface area contributed by atoms with Crippen molar-refractivity contribution >= 4 is 5.91 Å². The number of carbonyl (C=O) groups is 1.